The standard InChI is InChI=1S/C10H11NO6/c12-7(8(13)14)10(17,9(15)16)11-6-4-2-1-3-5-6/h1-5,7,11-12,17H,(H,13,14)(H,15,16). The van der Waals surface area contributed by atoms with Crippen molar-refractivity contribution >= 4 is 17.6 Å². The van der Waals surface area contributed by atoms with Crippen molar-refractivity contribution in [2.24, 2.45) is 0 Å². The van der Waals surface area contributed by atoms with Crippen molar-refractivity contribution in [1.29, 1.82) is 0 Å². The first-order chi connectivity index (χ1) is 7.88. The van der Waals surface area contributed by atoms with Gasteiger partial charge < -0.3 is 25.7 Å². The Hall–Kier alpha value is -2.12. The third kappa shape index (κ3) is 2.71. The fourth-order valence-corrected chi connectivity index (χ4v) is 1.16. The maximum absolute atomic E-state index is 10.8. The zero-order valence-corrected chi connectivity index (χ0v) is 8.57. The molecular weight excluding hydrogens is 230 g/mol. The first kappa shape index (κ1) is 12.9. The molecule has 2 atom stereocenters. The maximum atomic E-state index is 10.8. The van der Waals surface area contributed by atoms with E-state index in [1.807, 2.05) is 0 Å². The predicted molar refractivity (Wildman–Crippen MR) is 56.3 cm³/mol. The minimum Gasteiger partial charge on any atom is -0.479 e. The zero-order valence-electron chi connectivity index (χ0n) is 8.57. The molecule has 92 valence electrons. The van der Waals surface area contributed by atoms with E-state index in [1.54, 1.807) is 18.2 Å². The van der Waals surface area contributed by atoms with Crippen LogP contribution in [0.1, 0.15) is 0 Å². The van der Waals surface area contributed by atoms with E-state index in [0.717, 1.165) is 0 Å². The van der Waals surface area contributed by atoms with Gasteiger partial charge in [-0.05, 0) is 12.1 Å². The summed E-state index contributed by atoms with van der Waals surface area (Å²) < 4.78 is 0. The normalized spacial score (nSPS) is 15.6. The van der Waals surface area contributed by atoms with Gasteiger partial charge in [-0.2, -0.15) is 0 Å². The summed E-state index contributed by atoms with van der Waals surface area (Å²) in [5.41, 5.74) is -2.83. The lowest BCUT2D eigenvalue weighted by Crippen LogP contribution is -2.58. The van der Waals surface area contributed by atoms with Gasteiger partial charge in [0.1, 0.15) is 0 Å². The van der Waals surface area contributed by atoms with Crippen LogP contribution in [0.4, 0.5) is 5.69 Å². The fraction of sp³-hybridized carbons (Fsp3) is 0.200. The van der Waals surface area contributed by atoms with Gasteiger partial charge in [-0.25, -0.2) is 9.59 Å². The summed E-state index contributed by atoms with van der Waals surface area (Å²) in [4.78, 5) is 21.4. The lowest BCUT2D eigenvalue weighted by atomic mass is 10.1. The SMILES string of the molecule is O=C(O)C(O)C(O)(Nc1ccccc1)C(=O)O. The molecule has 0 fully saturated rings. The number of aliphatic carboxylic acids is 2. The molecular formula is C10H11NO6. The second kappa shape index (κ2) is 4.81. The van der Waals surface area contributed by atoms with Crippen LogP contribution < -0.4 is 5.32 Å². The molecule has 0 aliphatic rings. The topological polar surface area (TPSA) is 127 Å². The highest BCUT2D eigenvalue weighted by atomic mass is 16.5. The summed E-state index contributed by atoms with van der Waals surface area (Å²) in [7, 11) is 0. The van der Waals surface area contributed by atoms with Crippen LogP contribution in [0.3, 0.4) is 0 Å². The van der Waals surface area contributed by atoms with Gasteiger partial charge in [0, 0.05) is 5.69 Å². The Labute approximate surface area is 95.9 Å². The lowest BCUT2D eigenvalue weighted by Gasteiger charge is -2.27. The third-order valence-electron chi connectivity index (χ3n) is 2.06. The molecule has 0 amide bonds. The second-order valence-corrected chi connectivity index (χ2v) is 3.30. The molecule has 17 heavy (non-hydrogen) atoms. The van der Waals surface area contributed by atoms with Gasteiger partial charge in [0.15, 0.2) is 0 Å². The molecule has 1 aromatic rings. The highest BCUT2D eigenvalue weighted by Crippen LogP contribution is 2.17. The summed E-state index contributed by atoms with van der Waals surface area (Å²) in [6.07, 6.45) is -2.50. The van der Waals surface area contributed by atoms with Gasteiger partial charge in [0.25, 0.3) is 5.72 Å². The van der Waals surface area contributed by atoms with Crippen molar-refractivity contribution in [2.75, 3.05) is 5.32 Å². The molecule has 0 bridgehead atoms. The zero-order chi connectivity index (χ0) is 13.1. The Morgan fingerprint density at radius 3 is 2.12 bits per heavy atom. The van der Waals surface area contributed by atoms with Crippen molar-refractivity contribution < 1.29 is 30.0 Å². The van der Waals surface area contributed by atoms with E-state index in [0.29, 0.717) is 0 Å². The van der Waals surface area contributed by atoms with Crippen LogP contribution >= 0.6 is 0 Å². The van der Waals surface area contributed by atoms with E-state index in [-0.39, 0.29) is 5.69 Å². The molecule has 0 spiro atoms. The number of carbonyl (C=O) groups is 2. The Morgan fingerprint density at radius 1 is 1.18 bits per heavy atom. The molecule has 2 unspecified atom stereocenters. The van der Waals surface area contributed by atoms with Gasteiger partial charge in [-0.15, -0.1) is 0 Å². The monoisotopic (exact) mass is 241 g/mol. The minimum absolute atomic E-state index is 0.165. The second-order valence-electron chi connectivity index (χ2n) is 3.30. The summed E-state index contributed by atoms with van der Waals surface area (Å²) >= 11 is 0. The summed E-state index contributed by atoms with van der Waals surface area (Å²) in [5.74, 6) is -3.74. The smallest absolute Gasteiger partial charge is 0.360 e. The molecule has 0 aliphatic heterocycles. The Bertz CT molecular complexity index is 420. The molecule has 0 saturated carbocycles. The van der Waals surface area contributed by atoms with Crippen LogP contribution in [0.2, 0.25) is 0 Å². The average molecular weight is 241 g/mol. The molecule has 0 saturated heterocycles. The minimum atomic E-state index is -2.99. The van der Waals surface area contributed by atoms with Crippen LogP contribution in [0, 0.1) is 0 Å². The molecule has 1 aromatic carbocycles. The number of aliphatic hydroxyl groups is 2. The molecule has 0 heterocycles. The lowest BCUT2D eigenvalue weighted by molar-refractivity contribution is -0.178. The number of aliphatic hydroxyl groups excluding tert-OH is 1. The molecule has 0 aliphatic carbocycles. The van der Waals surface area contributed by atoms with E-state index >= 15 is 0 Å². The first-order valence-electron chi connectivity index (χ1n) is 4.58. The van der Waals surface area contributed by atoms with E-state index in [1.165, 1.54) is 12.1 Å². The van der Waals surface area contributed by atoms with Gasteiger partial charge >= 0.3 is 11.9 Å². The third-order valence-corrected chi connectivity index (χ3v) is 2.06. The first-order valence-corrected chi connectivity index (χ1v) is 4.58. The van der Waals surface area contributed by atoms with Crippen LogP contribution in [0.5, 0.6) is 0 Å². The number of benzene rings is 1. The number of nitrogens with one attached hydrogen (secondary N) is 1. The van der Waals surface area contributed by atoms with E-state index < -0.39 is 23.8 Å². The van der Waals surface area contributed by atoms with Crippen LogP contribution in [-0.2, 0) is 9.59 Å². The predicted octanol–water partition coefficient (Wildman–Crippen LogP) is -0.683. The Balaban J connectivity index is 3.02. The van der Waals surface area contributed by atoms with Crippen LogP contribution in [0.25, 0.3) is 0 Å². The fourth-order valence-electron chi connectivity index (χ4n) is 1.16. The number of carboxylic acid groups (broad SMARTS) is 2. The highest BCUT2D eigenvalue weighted by Gasteiger charge is 2.48. The molecule has 7 nitrogen and oxygen atoms in total. The summed E-state index contributed by atoms with van der Waals surface area (Å²) in [6.45, 7) is 0. The molecule has 5 N–H and O–H groups in total. The van der Waals surface area contributed by atoms with Crippen molar-refractivity contribution in [2.45, 2.75) is 11.8 Å². The van der Waals surface area contributed by atoms with E-state index in [9.17, 15) is 19.8 Å². The van der Waals surface area contributed by atoms with Gasteiger partial charge in [0.2, 0.25) is 6.10 Å². The number of hydrogen-bond acceptors (Lipinski definition) is 5. The largest absolute Gasteiger partial charge is 0.479 e. The van der Waals surface area contributed by atoms with Gasteiger partial charge in [-0.1, -0.05) is 18.2 Å². The Kier molecular flexibility index (Phi) is 3.66. The van der Waals surface area contributed by atoms with Crippen molar-refractivity contribution in [3.8, 4) is 0 Å². The van der Waals surface area contributed by atoms with Crippen molar-refractivity contribution in [3.63, 3.8) is 0 Å². The molecule has 0 radical (unpaired) electrons. The number of anilines is 1. The number of para-hydroxylation sites is 1. The van der Waals surface area contributed by atoms with E-state index in [2.05, 4.69) is 5.32 Å². The quantitative estimate of drug-likeness (QED) is 0.432. The molecule has 7 heteroatoms. The number of hydrogen-bond donors (Lipinski definition) is 5. The van der Waals surface area contributed by atoms with Crippen LogP contribution in [-0.4, -0.2) is 44.2 Å². The molecule has 0 aromatic heterocycles. The van der Waals surface area contributed by atoms with Crippen molar-refractivity contribution in [3.05, 3.63) is 30.3 Å². The Morgan fingerprint density at radius 2 is 1.71 bits per heavy atom. The van der Waals surface area contributed by atoms with Crippen LogP contribution in [0.15, 0.2) is 30.3 Å². The average Bonchev–Trinajstić information content (AvgIpc) is 2.28. The number of rotatable bonds is 5. The van der Waals surface area contributed by atoms with Crippen molar-refractivity contribution in [1.82, 2.24) is 0 Å². The van der Waals surface area contributed by atoms with E-state index in [4.69, 9.17) is 10.2 Å². The summed E-state index contributed by atoms with van der Waals surface area (Å²) in [5, 5.41) is 38.2. The summed E-state index contributed by atoms with van der Waals surface area (Å²) in [6, 6.07) is 7.60. The van der Waals surface area contributed by atoms with Gasteiger partial charge in [-0.3, -0.25) is 0 Å². The number of carboxylic acids is 2. The maximum Gasteiger partial charge on any atom is 0.360 e. The highest BCUT2D eigenvalue weighted by molar-refractivity contribution is 5.89. The molecule has 1 rings (SSSR count). The van der Waals surface area contributed by atoms with Gasteiger partial charge in [0.05, 0.1) is 0 Å².